The van der Waals surface area contributed by atoms with Gasteiger partial charge in [-0.2, -0.15) is 0 Å². The summed E-state index contributed by atoms with van der Waals surface area (Å²) in [6.45, 7) is 5.72. The first kappa shape index (κ1) is 15.9. The van der Waals surface area contributed by atoms with Crippen LogP contribution in [0, 0.1) is 0 Å². The molecule has 2 amide bonds. The number of piperazine rings is 1. The lowest BCUT2D eigenvalue weighted by Gasteiger charge is -2.32. The van der Waals surface area contributed by atoms with Crippen LogP contribution < -0.4 is 11.1 Å². The lowest BCUT2D eigenvalue weighted by molar-refractivity contribution is -0.132. The van der Waals surface area contributed by atoms with Gasteiger partial charge in [0, 0.05) is 51.6 Å². The molecule has 1 aliphatic rings. The lowest BCUT2D eigenvalue weighted by atomic mass is 10.2. The second-order valence-electron chi connectivity index (χ2n) is 5.30. The molecule has 1 heterocycles. The van der Waals surface area contributed by atoms with E-state index in [1.807, 2.05) is 11.8 Å². The maximum absolute atomic E-state index is 11.9. The van der Waals surface area contributed by atoms with Crippen molar-refractivity contribution >= 4 is 11.8 Å². The molecule has 1 saturated heterocycles. The molecule has 0 radical (unpaired) electrons. The molecular formula is C13H26N4O2. The molecule has 0 bridgehead atoms. The highest BCUT2D eigenvalue weighted by atomic mass is 16.2. The number of nitrogens with two attached hydrogens (primary N) is 1. The van der Waals surface area contributed by atoms with Gasteiger partial charge in [0.15, 0.2) is 0 Å². The molecule has 0 spiro atoms. The van der Waals surface area contributed by atoms with E-state index in [0.717, 1.165) is 26.2 Å². The van der Waals surface area contributed by atoms with Crippen molar-refractivity contribution in [2.75, 3.05) is 39.8 Å². The molecule has 0 aliphatic carbocycles. The maximum Gasteiger partial charge on any atom is 0.224 e. The van der Waals surface area contributed by atoms with E-state index in [-0.39, 0.29) is 17.9 Å². The molecule has 3 N–H and O–H groups in total. The van der Waals surface area contributed by atoms with E-state index in [0.29, 0.717) is 25.8 Å². The van der Waals surface area contributed by atoms with E-state index < -0.39 is 0 Å². The van der Waals surface area contributed by atoms with Crippen molar-refractivity contribution in [3.05, 3.63) is 0 Å². The van der Waals surface area contributed by atoms with Gasteiger partial charge in [0.1, 0.15) is 0 Å². The van der Waals surface area contributed by atoms with Crippen LogP contribution in [0.2, 0.25) is 0 Å². The van der Waals surface area contributed by atoms with Crippen molar-refractivity contribution in [2.45, 2.75) is 32.2 Å². The highest BCUT2D eigenvalue weighted by Crippen LogP contribution is 2.01. The highest BCUT2D eigenvalue weighted by Gasteiger charge is 2.18. The minimum Gasteiger partial charge on any atom is -0.356 e. The standard InChI is InChI=1S/C13H26N4O2/c1-11(14)3-4-12(18)15-6-5-13(19)17-9-7-16(2)8-10-17/h11H,3-10,14H2,1-2H3,(H,15,18). The number of carbonyl (C=O) groups is 2. The fraction of sp³-hybridized carbons (Fsp3) is 0.846. The van der Waals surface area contributed by atoms with E-state index >= 15 is 0 Å². The Morgan fingerprint density at radius 3 is 2.42 bits per heavy atom. The molecular weight excluding hydrogens is 244 g/mol. The van der Waals surface area contributed by atoms with Gasteiger partial charge in [0.2, 0.25) is 11.8 Å². The number of rotatable bonds is 6. The third kappa shape index (κ3) is 6.54. The van der Waals surface area contributed by atoms with Gasteiger partial charge >= 0.3 is 0 Å². The summed E-state index contributed by atoms with van der Waals surface area (Å²) in [6, 6.07) is 0.0396. The summed E-state index contributed by atoms with van der Waals surface area (Å²) in [5, 5.41) is 2.76. The predicted molar refractivity (Wildman–Crippen MR) is 74.6 cm³/mol. The van der Waals surface area contributed by atoms with Gasteiger partial charge in [-0.05, 0) is 20.4 Å². The summed E-state index contributed by atoms with van der Waals surface area (Å²) >= 11 is 0. The van der Waals surface area contributed by atoms with Gasteiger partial charge in [-0.25, -0.2) is 0 Å². The Morgan fingerprint density at radius 2 is 1.84 bits per heavy atom. The van der Waals surface area contributed by atoms with Crippen molar-refractivity contribution in [2.24, 2.45) is 5.73 Å². The average molecular weight is 270 g/mol. The molecule has 6 heteroatoms. The number of nitrogens with zero attached hydrogens (tertiary/aromatic N) is 2. The SMILES string of the molecule is CC(N)CCC(=O)NCCC(=O)N1CCN(C)CC1. The monoisotopic (exact) mass is 270 g/mol. The fourth-order valence-electron chi connectivity index (χ4n) is 1.97. The van der Waals surface area contributed by atoms with Gasteiger partial charge < -0.3 is 20.9 Å². The molecule has 110 valence electrons. The number of carbonyl (C=O) groups excluding carboxylic acids is 2. The summed E-state index contributed by atoms with van der Waals surface area (Å²) in [7, 11) is 2.06. The molecule has 1 aliphatic heterocycles. The number of hydrogen-bond donors (Lipinski definition) is 2. The number of nitrogens with one attached hydrogen (secondary N) is 1. The molecule has 1 fully saturated rings. The zero-order valence-corrected chi connectivity index (χ0v) is 12.0. The van der Waals surface area contributed by atoms with Crippen molar-refractivity contribution in [3.63, 3.8) is 0 Å². The number of amides is 2. The van der Waals surface area contributed by atoms with Crippen LogP contribution >= 0.6 is 0 Å². The van der Waals surface area contributed by atoms with Crippen LogP contribution in [0.25, 0.3) is 0 Å². The summed E-state index contributed by atoms with van der Waals surface area (Å²) in [4.78, 5) is 27.4. The minimum absolute atomic E-state index is 0.0246. The molecule has 0 aromatic rings. The predicted octanol–water partition coefficient (Wildman–Crippen LogP) is -0.606. The smallest absolute Gasteiger partial charge is 0.224 e. The molecule has 1 unspecified atom stereocenters. The van der Waals surface area contributed by atoms with Crippen LogP contribution in [0.4, 0.5) is 0 Å². The Hall–Kier alpha value is -1.14. The van der Waals surface area contributed by atoms with Gasteiger partial charge in [-0.15, -0.1) is 0 Å². The second-order valence-corrected chi connectivity index (χ2v) is 5.30. The van der Waals surface area contributed by atoms with E-state index in [1.165, 1.54) is 0 Å². The first-order valence-electron chi connectivity index (χ1n) is 6.97. The Labute approximate surface area is 115 Å². The van der Waals surface area contributed by atoms with E-state index in [9.17, 15) is 9.59 Å². The normalized spacial score (nSPS) is 18.2. The van der Waals surface area contributed by atoms with Crippen LogP contribution in [0.15, 0.2) is 0 Å². The van der Waals surface area contributed by atoms with Crippen LogP contribution in [0.3, 0.4) is 0 Å². The summed E-state index contributed by atoms with van der Waals surface area (Å²) in [5.41, 5.74) is 5.58. The molecule has 1 rings (SSSR count). The lowest BCUT2D eigenvalue weighted by Crippen LogP contribution is -2.47. The maximum atomic E-state index is 11.9. The van der Waals surface area contributed by atoms with Gasteiger partial charge in [0.25, 0.3) is 0 Å². The van der Waals surface area contributed by atoms with E-state index in [4.69, 9.17) is 5.73 Å². The Kier molecular flexibility index (Phi) is 6.80. The molecule has 0 aromatic heterocycles. The topological polar surface area (TPSA) is 78.7 Å². The van der Waals surface area contributed by atoms with Crippen LogP contribution in [-0.2, 0) is 9.59 Å². The van der Waals surface area contributed by atoms with Gasteiger partial charge in [0.05, 0.1) is 0 Å². The zero-order valence-electron chi connectivity index (χ0n) is 12.0. The Bertz CT molecular complexity index is 299. The van der Waals surface area contributed by atoms with E-state index in [2.05, 4.69) is 17.3 Å². The third-order valence-electron chi connectivity index (χ3n) is 3.34. The van der Waals surface area contributed by atoms with Crippen molar-refractivity contribution in [3.8, 4) is 0 Å². The second kappa shape index (κ2) is 8.12. The summed E-state index contributed by atoms with van der Waals surface area (Å²) < 4.78 is 0. The third-order valence-corrected chi connectivity index (χ3v) is 3.34. The summed E-state index contributed by atoms with van der Waals surface area (Å²) in [6.07, 6.45) is 1.49. The largest absolute Gasteiger partial charge is 0.356 e. The highest BCUT2D eigenvalue weighted by molar-refractivity contribution is 5.79. The first-order valence-corrected chi connectivity index (χ1v) is 6.97. The van der Waals surface area contributed by atoms with Crippen LogP contribution in [0.5, 0.6) is 0 Å². The van der Waals surface area contributed by atoms with Crippen LogP contribution in [0.1, 0.15) is 26.2 Å². The molecule has 1 atom stereocenters. The first-order chi connectivity index (χ1) is 8.99. The minimum atomic E-state index is -0.0246. The van der Waals surface area contributed by atoms with Gasteiger partial charge in [-0.1, -0.05) is 0 Å². The van der Waals surface area contributed by atoms with Gasteiger partial charge in [-0.3, -0.25) is 9.59 Å². The molecule has 0 aromatic carbocycles. The van der Waals surface area contributed by atoms with Crippen molar-refractivity contribution < 1.29 is 9.59 Å². The molecule has 6 nitrogen and oxygen atoms in total. The Morgan fingerprint density at radius 1 is 1.21 bits per heavy atom. The Balaban J connectivity index is 2.11. The van der Waals surface area contributed by atoms with Crippen molar-refractivity contribution in [1.82, 2.24) is 15.1 Å². The van der Waals surface area contributed by atoms with Crippen LogP contribution in [-0.4, -0.2) is 67.4 Å². The zero-order chi connectivity index (χ0) is 14.3. The number of likely N-dealkylation sites (N-methyl/N-ethyl adjacent to an activating group) is 1. The van der Waals surface area contributed by atoms with Crippen molar-refractivity contribution in [1.29, 1.82) is 0 Å². The molecule has 19 heavy (non-hydrogen) atoms. The van der Waals surface area contributed by atoms with E-state index in [1.54, 1.807) is 0 Å². The summed E-state index contributed by atoms with van der Waals surface area (Å²) in [5.74, 6) is 0.101. The fourth-order valence-corrected chi connectivity index (χ4v) is 1.97. The average Bonchev–Trinajstić information content (AvgIpc) is 2.37. The quantitative estimate of drug-likeness (QED) is 0.675. The molecule has 0 saturated carbocycles. The number of hydrogen-bond acceptors (Lipinski definition) is 4.